The van der Waals surface area contributed by atoms with E-state index in [0.717, 1.165) is 70.5 Å². The Morgan fingerprint density at radius 1 is 1.16 bits per heavy atom. The molecule has 2 saturated heterocycles. The smallest absolute Gasteiger partial charge is 0.191 e. The summed E-state index contributed by atoms with van der Waals surface area (Å²) in [5.74, 6) is 2.47. The number of benzene rings is 1. The van der Waals surface area contributed by atoms with Crippen molar-refractivity contribution in [2.24, 2.45) is 10.9 Å². The Labute approximate surface area is 212 Å². The molecule has 8 heteroatoms. The number of guanidine groups is 1. The van der Waals surface area contributed by atoms with E-state index in [9.17, 15) is 0 Å². The molecule has 1 aromatic rings. The molecule has 2 unspecified atom stereocenters. The van der Waals surface area contributed by atoms with Crippen molar-refractivity contribution in [1.82, 2.24) is 20.4 Å². The number of hydrogen-bond donors (Lipinski definition) is 2. The van der Waals surface area contributed by atoms with E-state index in [1.54, 1.807) is 7.11 Å². The maximum atomic E-state index is 5.56. The lowest BCUT2D eigenvalue weighted by molar-refractivity contribution is 0.0925. The molecule has 0 bridgehead atoms. The van der Waals surface area contributed by atoms with Crippen molar-refractivity contribution in [2.75, 3.05) is 71.4 Å². The molecule has 32 heavy (non-hydrogen) atoms. The number of aliphatic imine (C=N–C) groups is 1. The molecule has 0 aromatic heterocycles. The SMILES string of the molecule is CCNC(=NCC(C(C)C)N1CCN(C)CC1)NC1CCN(c2ccccc2OC)C1.I. The van der Waals surface area contributed by atoms with Crippen molar-refractivity contribution in [3.63, 3.8) is 0 Å². The first kappa shape index (κ1) is 27.0. The topological polar surface area (TPSA) is 55.4 Å². The highest BCUT2D eigenvalue weighted by Crippen LogP contribution is 2.30. The van der Waals surface area contributed by atoms with Gasteiger partial charge in [0.2, 0.25) is 0 Å². The first-order chi connectivity index (χ1) is 15.0. The minimum atomic E-state index is 0. The van der Waals surface area contributed by atoms with Gasteiger partial charge in [-0.05, 0) is 38.4 Å². The maximum absolute atomic E-state index is 5.56. The molecule has 2 aliphatic rings. The highest BCUT2D eigenvalue weighted by molar-refractivity contribution is 14.0. The molecular formula is C24H43IN6O. The number of methoxy groups -OCH3 is 1. The Bertz CT molecular complexity index is 707. The number of rotatable bonds is 8. The Kier molecular flexibility index (Phi) is 11.3. The number of piperazine rings is 1. The fourth-order valence-electron chi connectivity index (χ4n) is 4.59. The fraction of sp³-hybridized carbons (Fsp3) is 0.708. The van der Waals surface area contributed by atoms with Crippen LogP contribution in [0.5, 0.6) is 5.75 Å². The third-order valence-corrected chi connectivity index (χ3v) is 6.51. The third-order valence-electron chi connectivity index (χ3n) is 6.51. The quantitative estimate of drug-likeness (QED) is 0.291. The van der Waals surface area contributed by atoms with Crippen molar-refractivity contribution >= 4 is 35.6 Å². The minimum absolute atomic E-state index is 0. The van der Waals surface area contributed by atoms with Gasteiger partial charge in [0.1, 0.15) is 5.75 Å². The molecule has 2 fully saturated rings. The van der Waals surface area contributed by atoms with Gasteiger partial charge in [-0.25, -0.2) is 0 Å². The Hall–Kier alpha value is -1.26. The van der Waals surface area contributed by atoms with E-state index in [-0.39, 0.29) is 24.0 Å². The number of nitrogens with one attached hydrogen (secondary N) is 2. The molecule has 0 saturated carbocycles. The van der Waals surface area contributed by atoms with E-state index < -0.39 is 0 Å². The number of likely N-dealkylation sites (N-methyl/N-ethyl adjacent to an activating group) is 1. The van der Waals surface area contributed by atoms with E-state index in [2.05, 4.69) is 65.3 Å². The molecular weight excluding hydrogens is 515 g/mol. The number of anilines is 1. The van der Waals surface area contributed by atoms with E-state index in [1.165, 1.54) is 5.69 Å². The van der Waals surface area contributed by atoms with Gasteiger partial charge in [-0.2, -0.15) is 0 Å². The first-order valence-electron chi connectivity index (χ1n) is 11.9. The zero-order valence-corrected chi connectivity index (χ0v) is 22.8. The van der Waals surface area contributed by atoms with Gasteiger partial charge in [-0.15, -0.1) is 24.0 Å². The van der Waals surface area contributed by atoms with Gasteiger partial charge in [0, 0.05) is 57.9 Å². The molecule has 2 atom stereocenters. The maximum Gasteiger partial charge on any atom is 0.191 e. The van der Waals surface area contributed by atoms with Crippen molar-refractivity contribution < 1.29 is 4.74 Å². The van der Waals surface area contributed by atoms with E-state index >= 15 is 0 Å². The van der Waals surface area contributed by atoms with Crippen molar-refractivity contribution in [3.05, 3.63) is 24.3 Å². The molecule has 2 N–H and O–H groups in total. The van der Waals surface area contributed by atoms with Gasteiger partial charge in [-0.3, -0.25) is 9.89 Å². The average molecular weight is 559 g/mol. The predicted octanol–water partition coefficient (Wildman–Crippen LogP) is 2.72. The van der Waals surface area contributed by atoms with Crippen molar-refractivity contribution in [3.8, 4) is 5.75 Å². The zero-order chi connectivity index (χ0) is 22.2. The van der Waals surface area contributed by atoms with Gasteiger partial charge in [-0.1, -0.05) is 26.0 Å². The fourth-order valence-corrected chi connectivity index (χ4v) is 4.59. The van der Waals surface area contributed by atoms with Crippen LogP contribution in [0.4, 0.5) is 5.69 Å². The molecule has 2 aliphatic heterocycles. The second-order valence-electron chi connectivity index (χ2n) is 9.12. The highest BCUT2D eigenvalue weighted by atomic mass is 127. The lowest BCUT2D eigenvalue weighted by Crippen LogP contribution is -2.52. The summed E-state index contributed by atoms with van der Waals surface area (Å²) in [6.45, 7) is 15.0. The van der Waals surface area contributed by atoms with Crippen LogP contribution in [0.25, 0.3) is 0 Å². The summed E-state index contributed by atoms with van der Waals surface area (Å²) in [5, 5.41) is 7.15. The molecule has 0 amide bonds. The third kappa shape index (κ3) is 7.38. The number of hydrogen-bond acceptors (Lipinski definition) is 5. The zero-order valence-electron chi connectivity index (χ0n) is 20.5. The molecule has 0 radical (unpaired) electrons. The molecule has 182 valence electrons. The Morgan fingerprint density at radius 3 is 2.53 bits per heavy atom. The Balaban J connectivity index is 0.00000363. The molecule has 3 rings (SSSR count). The summed E-state index contributed by atoms with van der Waals surface area (Å²) in [6.07, 6.45) is 1.09. The van der Waals surface area contributed by atoms with Crippen molar-refractivity contribution in [1.29, 1.82) is 0 Å². The monoisotopic (exact) mass is 558 g/mol. The molecule has 7 nitrogen and oxygen atoms in total. The number of halogens is 1. The number of nitrogens with zero attached hydrogens (tertiary/aromatic N) is 4. The minimum Gasteiger partial charge on any atom is -0.495 e. The lowest BCUT2D eigenvalue weighted by Gasteiger charge is -2.39. The van der Waals surface area contributed by atoms with Gasteiger partial charge in [0.25, 0.3) is 0 Å². The molecule has 0 spiro atoms. The second-order valence-corrected chi connectivity index (χ2v) is 9.12. The second kappa shape index (κ2) is 13.4. The van der Waals surface area contributed by atoms with Crippen LogP contribution in [0.1, 0.15) is 27.2 Å². The van der Waals surface area contributed by atoms with Crippen molar-refractivity contribution in [2.45, 2.75) is 39.3 Å². The summed E-state index contributed by atoms with van der Waals surface area (Å²) in [6, 6.07) is 9.14. The summed E-state index contributed by atoms with van der Waals surface area (Å²) in [7, 11) is 3.95. The van der Waals surface area contributed by atoms with Crippen LogP contribution in [-0.4, -0.2) is 94.4 Å². The molecule has 2 heterocycles. The van der Waals surface area contributed by atoms with Crippen LogP contribution in [0.2, 0.25) is 0 Å². The lowest BCUT2D eigenvalue weighted by atomic mass is 10.0. The predicted molar refractivity (Wildman–Crippen MR) is 146 cm³/mol. The summed E-state index contributed by atoms with van der Waals surface area (Å²) in [4.78, 5) is 12.5. The van der Waals surface area contributed by atoms with E-state index in [4.69, 9.17) is 9.73 Å². The van der Waals surface area contributed by atoms with Crippen LogP contribution in [0.3, 0.4) is 0 Å². The van der Waals surface area contributed by atoms with Crippen LogP contribution < -0.4 is 20.3 Å². The molecule has 1 aromatic carbocycles. The van der Waals surface area contributed by atoms with Crippen LogP contribution in [-0.2, 0) is 0 Å². The normalized spacial score (nSPS) is 21.4. The van der Waals surface area contributed by atoms with E-state index in [0.29, 0.717) is 18.0 Å². The van der Waals surface area contributed by atoms with Crippen LogP contribution in [0, 0.1) is 5.92 Å². The summed E-state index contributed by atoms with van der Waals surface area (Å²) in [5.41, 5.74) is 1.17. The van der Waals surface area contributed by atoms with Gasteiger partial charge in [0.05, 0.1) is 19.3 Å². The first-order valence-corrected chi connectivity index (χ1v) is 11.9. The number of ether oxygens (including phenoxy) is 1. The van der Waals surface area contributed by atoms with Gasteiger partial charge in [0.15, 0.2) is 5.96 Å². The number of para-hydroxylation sites is 2. The van der Waals surface area contributed by atoms with Crippen LogP contribution >= 0.6 is 24.0 Å². The summed E-state index contributed by atoms with van der Waals surface area (Å²) < 4.78 is 5.56. The van der Waals surface area contributed by atoms with E-state index in [1.807, 2.05) is 12.1 Å². The van der Waals surface area contributed by atoms with Crippen LogP contribution in [0.15, 0.2) is 29.3 Å². The Morgan fingerprint density at radius 2 is 1.88 bits per heavy atom. The van der Waals surface area contributed by atoms with Gasteiger partial charge >= 0.3 is 0 Å². The average Bonchev–Trinajstić information content (AvgIpc) is 3.23. The van der Waals surface area contributed by atoms with Gasteiger partial charge < -0.3 is 25.2 Å². The molecule has 0 aliphatic carbocycles. The largest absolute Gasteiger partial charge is 0.495 e. The summed E-state index contributed by atoms with van der Waals surface area (Å²) >= 11 is 0. The standard InChI is InChI=1S/C24H42N6O.HI/c1-6-25-24(26-17-22(19(2)3)29-15-13-28(4)14-16-29)27-20-11-12-30(18-20)21-9-7-8-10-23(21)31-5;/h7-10,19-20,22H,6,11-18H2,1-5H3,(H2,25,26,27);1H. The highest BCUT2D eigenvalue weighted by Gasteiger charge is 2.27.